The fourth-order valence-electron chi connectivity index (χ4n) is 3.00. The largest absolute Gasteiger partial charge is 0.454 e. The van der Waals surface area contributed by atoms with E-state index in [4.69, 9.17) is 4.74 Å². The number of rotatable bonds is 5. The maximum atomic E-state index is 12.5. The molecule has 0 unspecified atom stereocenters. The molecule has 1 N–H and O–H groups in total. The summed E-state index contributed by atoms with van der Waals surface area (Å²) in [6.07, 6.45) is 1.27. The molecule has 0 bridgehead atoms. The monoisotopic (exact) mass is 388 g/mol. The number of amides is 1. The van der Waals surface area contributed by atoms with Gasteiger partial charge in [0.1, 0.15) is 6.04 Å². The molecule has 1 amide bonds. The summed E-state index contributed by atoms with van der Waals surface area (Å²) in [6, 6.07) is 15.1. The lowest BCUT2D eigenvalue weighted by atomic mass is 9.96. The molecule has 1 atom stereocenters. The van der Waals surface area contributed by atoms with Crippen LogP contribution in [0.5, 0.6) is 0 Å². The number of benzene rings is 2. The molecule has 142 valence electrons. The summed E-state index contributed by atoms with van der Waals surface area (Å²) in [6.45, 7) is -0.380. The number of nitrogens with zero attached hydrogens (tertiary/aromatic N) is 1. The Bertz CT molecular complexity index is 944. The van der Waals surface area contributed by atoms with E-state index >= 15 is 0 Å². The van der Waals surface area contributed by atoms with Gasteiger partial charge in [-0.25, -0.2) is 8.42 Å². The molecule has 2 aromatic rings. The van der Waals surface area contributed by atoms with Crippen LogP contribution in [-0.4, -0.2) is 43.5 Å². The van der Waals surface area contributed by atoms with Crippen LogP contribution < -0.4 is 5.32 Å². The molecule has 0 fully saturated rings. The first-order chi connectivity index (χ1) is 12.8. The molecule has 8 heteroatoms. The van der Waals surface area contributed by atoms with Crippen LogP contribution >= 0.6 is 0 Å². The van der Waals surface area contributed by atoms with Crippen molar-refractivity contribution in [2.75, 3.05) is 18.2 Å². The van der Waals surface area contributed by atoms with E-state index in [1.807, 2.05) is 30.3 Å². The van der Waals surface area contributed by atoms with Crippen LogP contribution in [0.25, 0.3) is 0 Å². The summed E-state index contributed by atoms with van der Waals surface area (Å²) in [5, 5.41) is 2.61. The summed E-state index contributed by atoms with van der Waals surface area (Å²) in [5.41, 5.74) is 2.34. The number of nitrogens with one attached hydrogen (secondary N) is 1. The molecule has 0 aromatic heterocycles. The predicted octanol–water partition coefficient (Wildman–Crippen LogP) is 1.55. The van der Waals surface area contributed by atoms with Crippen LogP contribution in [-0.2, 0) is 37.3 Å². The van der Waals surface area contributed by atoms with Crippen molar-refractivity contribution in [2.45, 2.75) is 19.0 Å². The fourth-order valence-corrected chi connectivity index (χ4v) is 4.00. The van der Waals surface area contributed by atoms with Crippen molar-refractivity contribution in [3.63, 3.8) is 0 Å². The van der Waals surface area contributed by atoms with E-state index in [9.17, 15) is 18.0 Å². The van der Waals surface area contributed by atoms with Gasteiger partial charge in [-0.3, -0.25) is 9.59 Å². The first-order valence-electron chi connectivity index (χ1n) is 8.40. The van der Waals surface area contributed by atoms with Crippen molar-refractivity contribution in [1.29, 1.82) is 0 Å². The van der Waals surface area contributed by atoms with E-state index < -0.39 is 34.5 Å². The second-order valence-electron chi connectivity index (χ2n) is 6.32. The molecule has 0 radical (unpaired) electrons. The minimum atomic E-state index is -3.62. The van der Waals surface area contributed by atoms with E-state index in [2.05, 4.69) is 5.32 Å². The molecule has 0 saturated carbocycles. The Morgan fingerprint density at radius 3 is 2.37 bits per heavy atom. The van der Waals surface area contributed by atoms with Crippen molar-refractivity contribution in [1.82, 2.24) is 4.31 Å². The van der Waals surface area contributed by atoms with E-state index in [0.29, 0.717) is 5.69 Å². The second kappa shape index (κ2) is 7.89. The lowest BCUT2D eigenvalue weighted by molar-refractivity contribution is -0.151. The third kappa shape index (κ3) is 4.72. The second-order valence-corrected chi connectivity index (χ2v) is 8.25. The highest BCUT2D eigenvalue weighted by molar-refractivity contribution is 7.88. The average Bonchev–Trinajstić information content (AvgIpc) is 2.65. The Kier molecular flexibility index (Phi) is 5.57. The minimum absolute atomic E-state index is 0.102. The zero-order valence-electron chi connectivity index (χ0n) is 14.8. The van der Waals surface area contributed by atoms with Crippen molar-refractivity contribution in [2.24, 2.45) is 0 Å². The number of carbonyl (C=O) groups is 2. The van der Waals surface area contributed by atoms with Crippen LogP contribution in [0.2, 0.25) is 0 Å². The number of hydrogen-bond acceptors (Lipinski definition) is 5. The highest BCUT2D eigenvalue weighted by atomic mass is 32.2. The van der Waals surface area contributed by atoms with Gasteiger partial charge in [0.15, 0.2) is 6.61 Å². The van der Waals surface area contributed by atoms with Gasteiger partial charge < -0.3 is 10.1 Å². The molecular formula is C19H20N2O5S. The van der Waals surface area contributed by atoms with Crippen LogP contribution in [0, 0.1) is 0 Å². The maximum Gasteiger partial charge on any atom is 0.325 e. The first-order valence-corrected chi connectivity index (χ1v) is 10.2. The Labute approximate surface area is 158 Å². The van der Waals surface area contributed by atoms with E-state index in [1.165, 1.54) is 0 Å². The Morgan fingerprint density at radius 1 is 1.07 bits per heavy atom. The molecule has 0 spiro atoms. The third-order valence-corrected chi connectivity index (χ3v) is 5.54. The summed E-state index contributed by atoms with van der Waals surface area (Å²) in [7, 11) is -3.62. The molecule has 1 aliphatic rings. The Morgan fingerprint density at radius 2 is 1.70 bits per heavy atom. The maximum absolute atomic E-state index is 12.5. The molecule has 2 aromatic carbocycles. The van der Waals surface area contributed by atoms with Gasteiger partial charge in [0.25, 0.3) is 5.91 Å². The minimum Gasteiger partial charge on any atom is -0.454 e. The van der Waals surface area contributed by atoms with E-state index in [0.717, 1.165) is 21.7 Å². The van der Waals surface area contributed by atoms with Crippen LogP contribution in [0.4, 0.5) is 5.69 Å². The predicted molar refractivity (Wildman–Crippen MR) is 100 cm³/mol. The van der Waals surface area contributed by atoms with Gasteiger partial charge in [-0.1, -0.05) is 42.5 Å². The normalized spacial score (nSPS) is 17.0. The standard InChI is InChI=1S/C19H20N2O5S/c1-27(24,25)21-12-15-8-6-5-7-14(15)11-17(21)19(23)26-13-18(22)20-16-9-3-2-4-10-16/h2-10,17H,11-13H2,1H3,(H,20,22)/t17-/m0/s1. The number of fused-ring (bicyclic) bond motifs is 1. The SMILES string of the molecule is CS(=O)(=O)N1Cc2ccccc2C[C@H]1C(=O)OCC(=O)Nc1ccccc1. The lowest BCUT2D eigenvalue weighted by Crippen LogP contribution is -2.49. The van der Waals surface area contributed by atoms with Crippen LogP contribution in [0.1, 0.15) is 11.1 Å². The van der Waals surface area contributed by atoms with E-state index in [-0.39, 0.29) is 13.0 Å². The van der Waals surface area contributed by atoms with Gasteiger partial charge in [-0.2, -0.15) is 4.31 Å². The summed E-state index contributed by atoms with van der Waals surface area (Å²) in [5.74, 6) is -1.23. The number of sulfonamides is 1. The molecule has 3 rings (SSSR count). The number of anilines is 1. The zero-order chi connectivity index (χ0) is 19.4. The highest BCUT2D eigenvalue weighted by Crippen LogP contribution is 2.26. The number of esters is 1. The molecule has 7 nitrogen and oxygen atoms in total. The quantitative estimate of drug-likeness (QED) is 0.785. The van der Waals surface area contributed by atoms with Crippen LogP contribution in [0.3, 0.4) is 0 Å². The van der Waals surface area contributed by atoms with Gasteiger partial charge in [0.05, 0.1) is 6.26 Å². The summed E-state index contributed by atoms with van der Waals surface area (Å²) in [4.78, 5) is 24.5. The van der Waals surface area contributed by atoms with Crippen molar-refractivity contribution >= 4 is 27.6 Å². The van der Waals surface area contributed by atoms with Gasteiger partial charge >= 0.3 is 5.97 Å². The summed E-state index contributed by atoms with van der Waals surface area (Å²) < 4.78 is 30.5. The molecular weight excluding hydrogens is 368 g/mol. The average molecular weight is 388 g/mol. The Hall–Kier alpha value is -2.71. The van der Waals surface area contributed by atoms with Gasteiger partial charge in [-0.05, 0) is 23.3 Å². The van der Waals surface area contributed by atoms with Crippen molar-refractivity contribution in [3.8, 4) is 0 Å². The number of hydrogen-bond donors (Lipinski definition) is 1. The number of ether oxygens (including phenoxy) is 1. The molecule has 27 heavy (non-hydrogen) atoms. The molecule has 0 aliphatic carbocycles. The third-order valence-electron chi connectivity index (χ3n) is 4.31. The van der Waals surface area contributed by atoms with Gasteiger partial charge in [-0.15, -0.1) is 0 Å². The fraction of sp³-hybridized carbons (Fsp3) is 0.263. The molecule has 1 aliphatic heterocycles. The van der Waals surface area contributed by atoms with Crippen molar-refractivity contribution in [3.05, 3.63) is 65.7 Å². The molecule has 0 saturated heterocycles. The van der Waals surface area contributed by atoms with Gasteiger partial charge in [0.2, 0.25) is 10.0 Å². The number of carbonyl (C=O) groups excluding carboxylic acids is 2. The first kappa shape index (κ1) is 19.1. The van der Waals surface area contributed by atoms with Gasteiger partial charge in [0, 0.05) is 18.7 Å². The highest BCUT2D eigenvalue weighted by Gasteiger charge is 2.37. The molecule has 1 heterocycles. The lowest BCUT2D eigenvalue weighted by Gasteiger charge is -2.33. The number of para-hydroxylation sites is 1. The smallest absolute Gasteiger partial charge is 0.325 e. The topological polar surface area (TPSA) is 92.8 Å². The van der Waals surface area contributed by atoms with E-state index in [1.54, 1.807) is 24.3 Å². The summed E-state index contributed by atoms with van der Waals surface area (Å²) >= 11 is 0. The van der Waals surface area contributed by atoms with Crippen molar-refractivity contribution < 1.29 is 22.7 Å². The van der Waals surface area contributed by atoms with Crippen LogP contribution in [0.15, 0.2) is 54.6 Å². The Balaban J connectivity index is 1.68. The zero-order valence-corrected chi connectivity index (χ0v) is 15.6.